The molecular weight excluding hydrogens is 428 g/mol. The molecule has 1 atom stereocenters. The highest BCUT2D eigenvalue weighted by Crippen LogP contribution is 2.33. The number of nitriles is 1. The molecule has 0 unspecified atom stereocenters. The van der Waals surface area contributed by atoms with E-state index < -0.39 is 0 Å². The molecule has 0 bridgehead atoms. The second-order valence-corrected chi connectivity index (χ2v) is 10.1. The minimum absolute atomic E-state index is 0.0542. The number of benzene rings is 1. The van der Waals surface area contributed by atoms with Gasteiger partial charge in [0.2, 0.25) is 5.91 Å². The van der Waals surface area contributed by atoms with E-state index in [1.807, 2.05) is 34.5 Å². The summed E-state index contributed by atoms with van der Waals surface area (Å²) in [6, 6.07) is 16.8. The number of hydrogen-bond acceptors (Lipinski definition) is 5. The van der Waals surface area contributed by atoms with Crippen LogP contribution in [0.3, 0.4) is 0 Å². The number of thiophene rings is 1. The molecule has 1 aromatic carbocycles. The Morgan fingerprint density at radius 2 is 2.06 bits per heavy atom. The van der Waals surface area contributed by atoms with Gasteiger partial charge in [-0.05, 0) is 42.8 Å². The fraction of sp³-hybridized carbons (Fsp3) is 0.370. The van der Waals surface area contributed by atoms with E-state index in [9.17, 15) is 10.1 Å². The highest BCUT2D eigenvalue weighted by Gasteiger charge is 2.30. The molecule has 3 heterocycles. The molecule has 0 aliphatic carbocycles. The van der Waals surface area contributed by atoms with Gasteiger partial charge in [0.25, 0.3) is 0 Å². The lowest BCUT2D eigenvalue weighted by Crippen LogP contribution is -2.54. The van der Waals surface area contributed by atoms with Crippen molar-refractivity contribution >= 4 is 23.1 Å². The van der Waals surface area contributed by atoms with E-state index in [4.69, 9.17) is 4.98 Å². The van der Waals surface area contributed by atoms with Gasteiger partial charge in [-0.1, -0.05) is 49.7 Å². The Labute approximate surface area is 200 Å². The summed E-state index contributed by atoms with van der Waals surface area (Å²) < 4.78 is 0. The number of pyridine rings is 1. The van der Waals surface area contributed by atoms with Gasteiger partial charge in [-0.25, -0.2) is 4.98 Å². The van der Waals surface area contributed by atoms with E-state index in [0.29, 0.717) is 31.6 Å². The van der Waals surface area contributed by atoms with Crippen molar-refractivity contribution in [1.29, 1.82) is 5.26 Å². The molecule has 1 aliphatic rings. The van der Waals surface area contributed by atoms with Crippen molar-refractivity contribution in [3.05, 3.63) is 69.5 Å². The molecule has 1 saturated heterocycles. The van der Waals surface area contributed by atoms with Gasteiger partial charge in [-0.15, -0.1) is 11.3 Å². The largest absolute Gasteiger partial charge is 0.352 e. The lowest BCUT2D eigenvalue weighted by molar-refractivity contribution is -0.132. The molecule has 4 rings (SSSR count). The molecular formula is C27H30N4OS. The summed E-state index contributed by atoms with van der Waals surface area (Å²) in [6.45, 7) is 10.4. The van der Waals surface area contributed by atoms with Crippen molar-refractivity contribution in [3.63, 3.8) is 0 Å². The van der Waals surface area contributed by atoms with Crippen LogP contribution in [0.2, 0.25) is 0 Å². The Kier molecular flexibility index (Phi) is 6.80. The van der Waals surface area contributed by atoms with Crippen LogP contribution < -0.4 is 4.90 Å². The number of amides is 1. The Morgan fingerprint density at radius 1 is 1.24 bits per heavy atom. The highest BCUT2D eigenvalue weighted by molar-refractivity contribution is 7.10. The third-order valence-corrected chi connectivity index (χ3v) is 7.06. The molecule has 33 heavy (non-hydrogen) atoms. The van der Waals surface area contributed by atoms with Crippen LogP contribution in [0.5, 0.6) is 0 Å². The van der Waals surface area contributed by atoms with Crippen LogP contribution >= 0.6 is 11.3 Å². The van der Waals surface area contributed by atoms with Gasteiger partial charge in [0.05, 0.1) is 17.7 Å². The normalized spacial score (nSPS) is 16.2. The zero-order chi connectivity index (χ0) is 23.5. The number of anilines is 1. The predicted octanol–water partition coefficient (Wildman–Crippen LogP) is 5.39. The van der Waals surface area contributed by atoms with Crippen LogP contribution in [0.1, 0.15) is 48.4 Å². The molecule has 0 saturated carbocycles. The zero-order valence-electron chi connectivity index (χ0n) is 19.7. The van der Waals surface area contributed by atoms with Crippen molar-refractivity contribution in [2.45, 2.75) is 46.1 Å². The highest BCUT2D eigenvalue weighted by atomic mass is 32.1. The molecule has 1 amide bonds. The number of piperazine rings is 1. The van der Waals surface area contributed by atoms with Gasteiger partial charge in [-0.2, -0.15) is 5.26 Å². The fourth-order valence-electron chi connectivity index (χ4n) is 4.51. The van der Waals surface area contributed by atoms with Gasteiger partial charge in [-0.3, -0.25) is 4.79 Å². The van der Waals surface area contributed by atoms with E-state index in [0.717, 1.165) is 27.5 Å². The Bertz CT molecular complexity index is 1180. The summed E-state index contributed by atoms with van der Waals surface area (Å²) in [5, 5.41) is 12.0. The van der Waals surface area contributed by atoms with Crippen molar-refractivity contribution < 1.29 is 4.79 Å². The van der Waals surface area contributed by atoms with Crippen molar-refractivity contribution in [1.82, 2.24) is 9.88 Å². The number of aromatic nitrogens is 1. The maximum absolute atomic E-state index is 12.9. The molecule has 1 fully saturated rings. The Balaban J connectivity index is 1.61. The first-order chi connectivity index (χ1) is 15.9. The quantitative estimate of drug-likeness (QED) is 0.514. The van der Waals surface area contributed by atoms with Gasteiger partial charge in [0.1, 0.15) is 11.9 Å². The van der Waals surface area contributed by atoms with Gasteiger partial charge in [0, 0.05) is 36.1 Å². The molecule has 6 heteroatoms. The lowest BCUT2D eigenvalue weighted by Gasteiger charge is -2.41. The fourth-order valence-corrected chi connectivity index (χ4v) is 5.20. The first kappa shape index (κ1) is 23.0. The number of rotatable bonds is 5. The van der Waals surface area contributed by atoms with Crippen LogP contribution in [-0.2, 0) is 11.2 Å². The van der Waals surface area contributed by atoms with E-state index in [1.165, 1.54) is 5.56 Å². The molecule has 170 valence electrons. The number of nitrogens with zero attached hydrogens (tertiary/aromatic N) is 4. The van der Waals surface area contributed by atoms with Crippen molar-refractivity contribution in [2.75, 3.05) is 24.5 Å². The summed E-state index contributed by atoms with van der Waals surface area (Å²) >= 11 is 1.62. The number of carbonyl (C=O) groups is 1. The van der Waals surface area contributed by atoms with E-state index >= 15 is 0 Å². The molecule has 3 aromatic rings. The second kappa shape index (κ2) is 9.76. The van der Waals surface area contributed by atoms with Gasteiger partial charge < -0.3 is 9.80 Å². The molecule has 0 N–H and O–H groups in total. The molecule has 0 spiro atoms. The van der Waals surface area contributed by atoms with Gasteiger partial charge >= 0.3 is 0 Å². The number of carbonyl (C=O) groups excluding carboxylic acids is 1. The average Bonchev–Trinajstić information content (AvgIpc) is 3.31. The standard InChI is InChI=1S/C27H30N4OS/c1-18(2)26-24(21-8-5-7-19(3)13-21)14-22(16-28)27(29-26)30-10-11-31(20(4)17-30)25(32)15-23-9-6-12-33-23/h5-9,12-14,18,20H,10-11,15,17H2,1-4H3/t20-/m1/s1. The monoisotopic (exact) mass is 458 g/mol. The van der Waals surface area contributed by atoms with Crippen LogP contribution in [0.4, 0.5) is 5.82 Å². The SMILES string of the molecule is Cc1cccc(-c2cc(C#N)c(N3CCN(C(=O)Cc4cccs4)[C@H](C)C3)nc2C(C)C)c1. The summed E-state index contributed by atoms with van der Waals surface area (Å²) in [5.74, 6) is 1.11. The molecule has 1 aliphatic heterocycles. The third kappa shape index (κ3) is 4.94. The smallest absolute Gasteiger partial charge is 0.228 e. The minimum Gasteiger partial charge on any atom is -0.352 e. The van der Waals surface area contributed by atoms with Crippen LogP contribution in [0.15, 0.2) is 47.8 Å². The summed E-state index contributed by atoms with van der Waals surface area (Å²) in [4.78, 5) is 23.1. The first-order valence-corrected chi connectivity index (χ1v) is 12.3. The van der Waals surface area contributed by atoms with Crippen LogP contribution in [0, 0.1) is 18.3 Å². The predicted molar refractivity (Wildman–Crippen MR) is 135 cm³/mol. The number of aryl methyl sites for hydroxylation is 1. The van der Waals surface area contributed by atoms with Gasteiger partial charge in [0.15, 0.2) is 0 Å². The third-order valence-electron chi connectivity index (χ3n) is 6.18. The summed E-state index contributed by atoms with van der Waals surface area (Å²) in [7, 11) is 0. The summed E-state index contributed by atoms with van der Waals surface area (Å²) in [5.41, 5.74) is 4.88. The first-order valence-electron chi connectivity index (χ1n) is 11.5. The topological polar surface area (TPSA) is 60.2 Å². The summed E-state index contributed by atoms with van der Waals surface area (Å²) in [6.07, 6.45) is 0.451. The second-order valence-electron chi connectivity index (χ2n) is 9.07. The van der Waals surface area contributed by atoms with Crippen molar-refractivity contribution in [2.24, 2.45) is 0 Å². The minimum atomic E-state index is 0.0542. The zero-order valence-corrected chi connectivity index (χ0v) is 20.5. The maximum atomic E-state index is 12.9. The lowest BCUT2D eigenvalue weighted by atomic mass is 9.95. The van der Waals surface area contributed by atoms with Crippen LogP contribution in [-0.4, -0.2) is 41.5 Å². The molecule has 0 radical (unpaired) electrons. The van der Waals surface area contributed by atoms with Crippen LogP contribution in [0.25, 0.3) is 11.1 Å². The van der Waals surface area contributed by atoms with E-state index in [-0.39, 0.29) is 17.9 Å². The Hall–Kier alpha value is -3.17. The van der Waals surface area contributed by atoms with E-state index in [2.05, 4.69) is 56.9 Å². The maximum Gasteiger partial charge on any atom is 0.228 e. The molecule has 5 nitrogen and oxygen atoms in total. The molecule has 2 aromatic heterocycles. The van der Waals surface area contributed by atoms with Crippen molar-refractivity contribution in [3.8, 4) is 17.2 Å². The Morgan fingerprint density at radius 3 is 2.70 bits per heavy atom. The average molecular weight is 459 g/mol. The number of hydrogen-bond donors (Lipinski definition) is 0. The van der Waals surface area contributed by atoms with E-state index in [1.54, 1.807) is 11.3 Å².